The van der Waals surface area contributed by atoms with Crippen LogP contribution < -0.4 is 0 Å². The predicted molar refractivity (Wildman–Crippen MR) is 72.2 cm³/mol. The minimum atomic E-state index is -0.211. The van der Waals surface area contributed by atoms with Gasteiger partial charge in [0.15, 0.2) is 0 Å². The van der Waals surface area contributed by atoms with E-state index >= 15 is 0 Å². The van der Waals surface area contributed by atoms with Gasteiger partial charge in [-0.25, -0.2) is 0 Å². The lowest BCUT2D eigenvalue weighted by Gasteiger charge is -2.33. The van der Waals surface area contributed by atoms with Gasteiger partial charge in [-0.2, -0.15) is 0 Å². The van der Waals surface area contributed by atoms with Crippen LogP contribution in [0.4, 0.5) is 0 Å². The summed E-state index contributed by atoms with van der Waals surface area (Å²) in [6.45, 7) is 4.38. The molecule has 1 aliphatic rings. The van der Waals surface area contributed by atoms with Crippen molar-refractivity contribution in [2.24, 2.45) is 17.8 Å². The van der Waals surface area contributed by atoms with Crippen molar-refractivity contribution in [3.05, 3.63) is 0 Å². The van der Waals surface area contributed by atoms with Crippen molar-refractivity contribution in [3.63, 3.8) is 0 Å². The van der Waals surface area contributed by atoms with E-state index in [9.17, 15) is 4.79 Å². The first-order valence-electron chi connectivity index (χ1n) is 7.41. The number of esters is 1. The molecule has 0 bridgehead atoms. The molecule has 1 rings (SSSR count). The fourth-order valence-corrected chi connectivity index (χ4v) is 3.20. The van der Waals surface area contributed by atoms with E-state index in [0.29, 0.717) is 18.4 Å². The maximum Gasteiger partial charge on any atom is 0.302 e. The Morgan fingerprint density at radius 1 is 1.33 bits per heavy atom. The Hall–Kier alpha value is -0.570. The summed E-state index contributed by atoms with van der Waals surface area (Å²) in [7, 11) is 0. The fourth-order valence-electron chi connectivity index (χ4n) is 3.20. The number of hydrogen-bond donors (Lipinski definition) is 1. The van der Waals surface area contributed by atoms with Gasteiger partial charge in [0, 0.05) is 13.5 Å². The molecule has 1 fully saturated rings. The highest BCUT2D eigenvalue weighted by Crippen LogP contribution is 2.36. The molecule has 0 aliphatic heterocycles. The average molecular weight is 256 g/mol. The third kappa shape index (κ3) is 5.38. The lowest BCUT2D eigenvalue weighted by Crippen LogP contribution is -2.26. The number of aliphatic hydroxyl groups is 1. The van der Waals surface area contributed by atoms with Crippen molar-refractivity contribution in [2.45, 2.75) is 58.8 Å². The molecule has 0 heterocycles. The number of carbonyl (C=O) groups is 1. The first-order chi connectivity index (χ1) is 8.67. The zero-order valence-corrected chi connectivity index (χ0v) is 11.9. The van der Waals surface area contributed by atoms with Gasteiger partial charge in [-0.3, -0.25) is 4.79 Å². The molecule has 1 N–H and O–H groups in total. The Kier molecular flexibility index (Phi) is 7.33. The highest BCUT2D eigenvalue weighted by molar-refractivity contribution is 5.65. The molecule has 1 saturated carbocycles. The molecule has 0 spiro atoms. The zero-order chi connectivity index (χ0) is 13.4. The Bertz CT molecular complexity index is 232. The van der Waals surface area contributed by atoms with Crippen LogP contribution in [0.15, 0.2) is 0 Å². The van der Waals surface area contributed by atoms with Crippen LogP contribution in [0.3, 0.4) is 0 Å². The van der Waals surface area contributed by atoms with Crippen molar-refractivity contribution in [3.8, 4) is 0 Å². The third-order valence-electron chi connectivity index (χ3n) is 4.26. The SMILES string of the molecule is CCCC1CCC(C(CCO)COC(C)=O)CC1. The van der Waals surface area contributed by atoms with Crippen LogP contribution in [0.5, 0.6) is 0 Å². The van der Waals surface area contributed by atoms with Crippen LogP contribution in [-0.2, 0) is 9.53 Å². The van der Waals surface area contributed by atoms with E-state index in [1.165, 1.54) is 45.4 Å². The van der Waals surface area contributed by atoms with Crippen LogP contribution >= 0.6 is 0 Å². The molecule has 0 aromatic carbocycles. The Morgan fingerprint density at radius 2 is 2.00 bits per heavy atom. The Labute approximate surface area is 111 Å². The van der Waals surface area contributed by atoms with Gasteiger partial charge in [-0.15, -0.1) is 0 Å². The van der Waals surface area contributed by atoms with Crippen molar-refractivity contribution in [1.29, 1.82) is 0 Å². The summed E-state index contributed by atoms with van der Waals surface area (Å²) in [6, 6.07) is 0. The third-order valence-corrected chi connectivity index (χ3v) is 4.26. The van der Waals surface area contributed by atoms with Gasteiger partial charge in [0.05, 0.1) is 6.61 Å². The van der Waals surface area contributed by atoms with Gasteiger partial charge in [-0.05, 0) is 37.0 Å². The molecule has 3 heteroatoms. The molecule has 3 nitrogen and oxygen atoms in total. The van der Waals surface area contributed by atoms with Crippen LogP contribution in [0.1, 0.15) is 58.8 Å². The molecule has 18 heavy (non-hydrogen) atoms. The lowest BCUT2D eigenvalue weighted by molar-refractivity contribution is -0.143. The summed E-state index contributed by atoms with van der Waals surface area (Å²) in [5, 5.41) is 9.13. The second-order valence-corrected chi connectivity index (χ2v) is 5.64. The monoisotopic (exact) mass is 256 g/mol. The van der Waals surface area contributed by atoms with E-state index in [1.807, 2.05) is 0 Å². The van der Waals surface area contributed by atoms with E-state index in [0.717, 1.165) is 12.3 Å². The highest BCUT2D eigenvalue weighted by Gasteiger charge is 2.27. The number of aliphatic hydroxyl groups excluding tert-OH is 1. The molecule has 1 atom stereocenters. The number of carbonyl (C=O) groups excluding carboxylic acids is 1. The van der Waals surface area contributed by atoms with Crippen molar-refractivity contribution >= 4 is 5.97 Å². The molecular weight excluding hydrogens is 228 g/mol. The van der Waals surface area contributed by atoms with Gasteiger partial charge >= 0.3 is 5.97 Å². The largest absolute Gasteiger partial charge is 0.466 e. The van der Waals surface area contributed by atoms with E-state index in [-0.39, 0.29) is 12.6 Å². The van der Waals surface area contributed by atoms with Crippen molar-refractivity contribution in [2.75, 3.05) is 13.2 Å². The molecule has 0 aromatic rings. The second-order valence-electron chi connectivity index (χ2n) is 5.64. The normalized spacial score (nSPS) is 25.7. The molecule has 0 radical (unpaired) electrons. The molecular formula is C15H28O3. The summed E-state index contributed by atoms with van der Waals surface area (Å²) in [5.74, 6) is 1.67. The van der Waals surface area contributed by atoms with Crippen LogP contribution in [0.2, 0.25) is 0 Å². The Balaban J connectivity index is 2.37. The summed E-state index contributed by atoms with van der Waals surface area (Å²) in [5.41, 5.74) is 0. The standard InChI is InChI=1S/C15H28O3/c1-3-4-13-5-7-14(8-6-13)15(9-10-16)11-18-12(2)17/h13-16H,3-11H2,1-2H3. The van der Waals surface area contributed by atoms with Crippen LogP contribution in [0, 0.1) is 17.8 Å². The van der Waals surface area contributed by atoms with E-state index in [4.69, 9.17) is 9.84 Å². The second kappa shape index (κ2) is 8.52. The topological polar surface area (TPSA) is 46.5 Å². The van der Waals surface area contributed by atoms with Gasteiger partial charge in [0.1, 0.15) is 0 Å². The quantitative estimate of drug-likeness (QED) is 0.712. The van der Waals surface area contributed by atoms with Gasteiger partial charge in [0.2, 0.25) is 0 Å². The first-order valence-corrected chi connectivity index (χ1v) is 7.41. The molecule has 0 amide bonds. The number of rotatable bonds is 7. The fraction of sp³-hybridized carbons (Fsp3) is 0.933. The van der Waals surface area contributed by atoms with E-state index in [1.54, 1.807) is 0 Å². The predicted octanol–water partition coefficient (Wildman–Crippen LogP) is 3.15. The molecule has 1 aliphatic carbocycles. The van der Waals surface area contributed by atoms with Crippen LogP contribution in [0.25, 0.3) is 0 Å². The summed E-state index contributed by atoms with van der Waals surface area (Å²) in [6.07, 6.45) is 8.47. The maximum atomic E-state index is 10.9. The van der Waals surface area contributed by atoms with Gasteiger partial charge < -0.3 is 9.84 Å². The highest BCUT2D eigenvalue weighted by atomic mass is 16.5. The zero-order valence-electron chi connectivity index (χ0n) is 11.9. The average Bonchev–Trinajstić information content (AvgIpc) is 2.36. The molecule has 106 valence electrons. The maximum absolute atomic E-state index is 10.9. The molecule has 0 saturated heterocycles. The summed E-state index contributed by atoms with van der Waals surface area (Å²) >= 11 is 0. The lowest BCUT2D eigenvalue weighted by atomic mass is 9.74. The van der Waals surface area contributed by atoms with Crippen molar-refractivity contribution < 1.29 is 14.6 Å². The van der Waals surface area contributed by atoms with E-state index in [2.05, 4.69) is 6.92 Å². The Morgan fingerprint density at radius 3 is 2.50 bits per heavy atom. The number of ether oxygens (including phenoxy) is 1. The summed E-state index contributed by atoms with van der Waals surface area (Å²) < 4.78 is 5.13. The molecule has 0 aromatic heterocycles. The minimum Gasteiger partial charge on any atom is -0.466 e. The van der Waals surface area contributed by atoms with Gasteiger partial charge in [-0.1, -0.05) is 32.6 Å². The summed E-state index contributed by atoms with van der Waals surface area (Å²) in [4.78, 5) is 10.9. The van der Waals surface area contributed by atoms with Crippen molar-refractivity contribution in [1.82, 2.24) is 0 Å². The van der Waals surface area contributed by atoms with E-state index < -0.39 is 0 Å². The van der Waals surface area contributed by atoms with Crippen LogP contribution in [-0.4, -0.2) is 24.3 Å². The molecule has 1 unspecified atom stereocenters. The first kappa shape index (κ1) is 15.5. The smallest absolute Gasteiger partial charge is 0.302 e. The number of hydrogen-bond acceptors (Lipinski definition) is 3. The minimum absolute atomic E-state index is 0.195. The van der Waals surface area contributed by atoms with Gasteiger partial charge in [0.25, 0.3) is 0 Å².